The van der Waals surface area contributed by atoms with E-state index in [2.05, 4.69) is 25.9 Å². The Morgan fingerprint density at radius 3 is 2.33 bits per heavy atom. The summed E-state index contributed by atoms with van der Waals surface area (Å²) in [5.74, 6) is -2.59. The number of carbonyl (C=O) groups is 3. The van der Waals surface area contributed by atoms with E-state index in [4.69, 9.17) is 15.4 Å². The van der Waals surface area contributed by atoms with Gasteiger partial charge in [-0.05, 0) is 42.8 Å². The molecule has 16 nitrogen and oxygen atoms in total. The Morgan fingerprint density at radius 2 is 1.77 bits per heavy atom. The summed E-state index contributed by atoms with van der Waals surface area (Å²) < 4.78 is 29.2. The average molecular weight is 618 g/mol. The van der Waals surface area contributed by atoms with Gasteiger partial charge in [-0.3, -0.25) is 23.9 Å². The lowest BCUT2D eigenvalue weighted by Crippen LogP contribution is -2.48. The van der Waals surface area contributed by atoms with Gasteiger partial charge in [0.1, 0.15) is 11.7 Å². The Labute approximate surface area is 245 Å². The number of aromatic nitrogens is 2. The Morgan fingerprint density at radius 1 is 1.12 bits per heavy atom. The number of aliphatic carboxylic acids is 2. The van der Waals surface area contributed by atoms with Crippen LogP contribution in [0.4, 0.5) is 23.1 Å². The molecule has 1 aliphatic rings. The van der Waals surface area contributed by atoms with Crippen molar-refractivity contribution in [3.8, 4) is 0 Å². The highest BCUT2D eigenvalue weighted by molar-refractivity contribution is 7.85. The van der Waals surface area contributed by atoms with Crippen LogP contribution in [0.5, 0.6) is 0 Å². The zero-order valence-electron chi connectivity index (χ0n) is 22.9. The van der Waals surface area contributed by atoms with Crippen LogP contribution in [-0.2, 0) is 19.7 Å². The van der Waals surface area contributed by atoms with Crippen LogP contribution in [0, 0.1) is 0 Å². The topological polar surface area (TPSA) is 257 Å². The zero-order chi connectivity index (χ0) is 31.7. The number of carbonyl (C=O) groups excluding carboxylic acids is 1. The van der Waals surface area contributed by atoms with E-state index in [1.807, 2.05) is 4.90 Å². The van der Waals surface area contributed by atoms with E-state index in [0.29, 0.717) is 24.6 Å². The van der Waals surface area contributed by atoms with Crippen LogP contribution in [0.3, 0.4) is 0 Å². The number of hydrogen-bond acceptors (Lipinski definition) is 11. The second-order valence-corrected chi connectivity index (χ2v) is 10.8. The minimum absolute atomic E-state index is 0.0388. The van der Waals surface area contributed by atoms with Crippen molar-refractivity contribution in [2.24, 2.45) is 0 Å². The second kappa shape index (κ2) is 14.1. The number of aromatic amines is 1. The van der Waals surface area contributed by atoms with Crippen LogP contribution in [0.2, 0.25) is 0 Å². The molecule has 0 aliphatic carbocycles. The van der Waals surface area contributed by atoms with Crippen molar-refractivity contribution in [1.82, 2.24) is 15.3 Å². The van der Waals surface area contributed by atoms with E-state index in [0.717, 1.165) is 5.69 Å². The van der Waals surface area contributed by atoms with E-state index in [-0.39, 0.29) is 40.9 Å². The molecule has 1 unspecified atom stereocenters. The van der Waals surface area contributed by atoms with Gasteiger partial charge in [0, 0.05) is 37.8 Å². The Bertz CT molecular complexity index is 1610. The fraction of sp³-hybridized carbons (Fsp3) is 0.269. The number of nitrogens with one attached hydrogen (secondary N) is 4. The van der Waals surface area contributed by atoms with Gasteiger partial charge in [-0.15, -0.1) is 0 Å². The molecule has 0 fully saturated rings. The van der Waals surface area contributed by atoms with Gasteiger partial charge in [0.25, 0.3) is 21.6 Å². The number of rotatable bonds is 10. The average Bonchev–Trinajstić information content (AvgIpc) is 2.95. The number of likely N-dealkylation sites (N-methyl/N-ethyl adjacent to an activating group) is 1. The maximum atomic E-state index is 12.3. The molecule has 0 saturated heterocycles. The number of carboxylic acids is 2. The van der Waals surface area contributed by atoms with Crippen molar-refractivity contribution >= 4 is 51.1 Å². The van der Waals surface area contributed by atoms with Crippen molar-refractivity contribution in [3.05, 3.63) is 70.5 Å². The van der Waals surface area contributed by atoms with E-state index in [1.54, 1.807) is 37.4 Å². The number of nitrogens with zero attached hydrogens (tertiary/aromatic N) is 2. The highest BCUT2D eigenvalue weighted by Gasteiger charge is 2.27. The van der Waals surface area contributed by atoms with Crippen LogP contribution in [0.1, 0.15) is 23.2 Å². The fourth-order valence-corrected chi connectivity index (χ4v) is 4.51. The maximum absolute atomic E-state index is 12.3. The molecule has 0 radical (unpaired) electrons. The number of anilines is 4. The normalized spacial score (nSPS) is 14.7. The van der Waals surface area contributed by atoms with Crippen LogP contribution in [0.15, 0.2) is 64.3 Å². The summed E-state index contributed by atoms with van der Waals surface area (Å²) >= 11 is 0. The van der Waals surface area contributed by atoms with Crippen LogP contribution in [0.25, 0.3) is 0 Å². The SMILES string of the molecule is CN1c2c(nc(N)[nH]c2=O)NC[C@@H]1CNc1ccc(C(=O)NC(CCC(=O)O)C(=O)O)cc1.O=S(=O)(O)c1ccccc1. The van der Waals surface area contributed by atoms with Gasteiger partial charge in [-0.2, -0.15) is 13.4 Å². The molecule has 3 aromatic rings. The molecule has 43 heavy (non-hydrogen) atoms. The van der Waals surface area contributed by atoms with Crippen molar-refractivity contribution in [1.29, 1.82) is 0 Å². The van der Waals surface area contributed by atoms with E-state index >= 15 is 0 Å². The number of hydrogen-bond donors (Lipinski definition) is 8. The lowest BCUT2D eigenvalue weighted by molar-refractivity contribution is -0.140. The molecule has 0 bridgehead atoms. The number of nitrogens with two attached hydrogens (primary N) is 1. The molecule has 1 amide bonds. The Balaban J connectivity index is 0.000000428. The molecule has 230 valence electrons. The number of amides is 1. The summed E-state index contributed by atoms with van der Waals surface area (Å²) in [4.78, 5) is 54.8. The van der Waals surface area contributed by atoms with Crippen LogP contribution in [-0.4, -0.2) is 83.2 Å². The quantitative estimate of drug-likeness (QED) is 0.146. The predicted octanol–water partition coefficient (Wildman–Crippen LogP) is 0.676. The first-order valence-electron chi connectivity index (χ1n) is 12.7. The van der Waals surface area contributed by atoms with Gasteiger partial charge in [-0.1, -0.05) is 18.2 Å². The van der Waals surface area contributed by atoms with Gasteiger partial charge < -0.3 is 36.8 Å². The fourth-order valence-electron chi connectivity index (χ4n) is 4.01. The van der Waals surface area contributed by atoms with Crippen molar-refractivity contribution in [2.75, 3.05) is 41.4 Å². The summed E-state index contributed by atoms with van der Waals surface area (Å²) in [7, 11) is -2.22. The smallest absolute Gasteiger partial charge is 0.326 e. The minimum Gasteiger partial charge on any atom is -0.481 e. The standard InChI is InChI=1S/C20H25N7O6.C6H6O3S/c1-27-12(9-23-16-15(27)18(31)26-20(21)25-16)8-22-11-4-2-10(3-5-11)17(30)24-13(19(32)33)6-7-14(28)29;7-10(8,9)6-4-2-1-3-5-6/h2-5,12-13,22H,6-9H2,1H3,(H,24,30)(H,28,29)(H,32,33)(H4,21,23,25,26,31);1-5H,(H,7,8,9)/t12-,13?;/m0./s1. The first-order chi connectivity index (χ1) is 20.3. The number of H-pyrrole nitrogens is 1. The molecule has 2 atom stereocenters. The van der Waals surface area contributed by atoms with Gasteiger partial charge in [0.2, 0.25) is 5.95 Å². The third-order valence-corrected chi connectivity index (χ3v) is 7.17. The third-order valence-electron chi connectivity index (χ3n) is 6.30. The third kappa shape index (κ3) is 9.17. The first kappa shape index (κ1) is 32.4. The van der Waals surface area contributed by atoms with Gasteiger partial charge >= 0.3 is 11.9 Å². The summed E-state index contributed by atoms with van der Waals surface area (Å²) in [5, 5.41) is 26.6. The largest absolute Gasteiger partial charge is 0.481 e. The van der Waals surface area contributed by atoms with E-state index < -0.39 is 34.0 Å². The van der Waals surface area contributed by atoms with Crippen molar-refractivity contribution < 1.29 is 37.6 Å². The van der Waals surface area contributed by atoms with Gasteiger partial charge in [-0.25, -0.2) is 4.79 Å². The van der Waals surface area contributed by atoms with E-state index in [9.17, 15) is 32.7 Å². The molecule has 2 aromatic carbocycles. The highest BCUT2D eigenvalue weighted by Crippen LogP contribution is 2.25. The van der Waals surface area contributed by atoms with E-state index in [1.165, 1.54) is 24.3 Å². The molecular formula is C26H31N7O9S. The molecule has 0 spiro atoms. The number of nitrogen functional groups attached to an aromatic ring is 1. The molecular weight excluding hydrogens is 586 g/mol. The van der Waals surface area contributed by atoms with Crippen LogP contribution < -0.4 is 32.1 Å². The second-order valence-electron chi connectivity index (χ2n) is 9.34. The van der Waals surface area contributed by atoms with Crippen molar-refractivity contribution in [2.45, 2.75) is 29.8 Å². The molecule has 0 saturated carbocycles. The number of carboxylic acid groups (broad SMARTS) is 2. The molecule has 1 aliphatic heterocycles. The Kier molecular flexibility index (Phi) is 10.6. The lowest BCUT2D eigenvalue weighted by atomic mass is 10.1. The predicted molar refractivity (Wildman–Crippen MR) is 157 cm³/mol. The summed E-state index contributed by atoms with van der Waals surface area (Å²) in [6.45, 7) is 1.01. The Hall–Kier alpha value is -5.16. The molecule has 2 heterocycles. The summed E-state index contributed by atoms with van der Waals surface area (Å²) in [5.41, 5.74) is 6.59. The number of fused-ring (bicyclic) bond motifs is 1. The minimum atomic E-state index is -4.00. The first-order valence-corrected chi connectivity index (χ1v) is 14.2. The monoisotopic (exact) mass is 617 g/mol. The molecule has 4 rings (SSSR count). The molecule has 17 heteroatoms. The number of benzene rings is 2. The van der Waals surface area contributed by atoms with Crippen molar-refractivity contribution in [3.63, 3.8) is 0 Å². The maximum Gasteiger partial charge on any atom is 0.326 e. The highest BCUT2D eigenvalue weighted by atomic mass is 32.2. The molecule has 9 N–H and O–H groups in total. The summed E-state index contributed by atoms with van der Waals surface area (Å²) in [6, 6.07) is 12.5. The van der Waals surface area contributed by atoms with Crippen LogP contribution >= 0.6 is 0 Å². The van der Waals surface area contributed by atoms with Gasteiger partial charge in [0.05, 0.1) is 10.9 Å². The molecule has 1 aromatic heterocycles. The zero-order valence-corrected chi connectivity index (χ0v) is 23.7. The van der Waals surface area contributed by atoms with Gasteiger partial charge in [0.15, 0.2) is 5.82 Å². The lowest BCUT2D eigenvalue weighted by Gasteiger charge is -2.35. The summed E-state index contributed by atoms with van der Waals surface area (Å²) in [6.07, 6.45) is -0.586.